The molecule has 0 fully saturated rings. The SMILES string of the molecule is C[C@@H](CO)Nc1nc(Nc2ccccc2Cl)cc(-c2ccccn2)n1. The van der Waals surface area contributed by atoms with Gasteiger partial charge in [-0.05, 0) is 31.2 Å². The van der Waals surface area contributed by atoms with Crippen molar-refractivity contribution in [3.8, 4) is 11.4 Å². The standard InChI is InChI=1S/C18H18ClN5O/c1-12(11-25)21-18-23-16(15-8-4-5-9-20-15)10-17(24-18)22-14-7-3-2-6-13(14)19/h2-10,12,25H,11H2,1H3,(H2,21,22,23,24)/t12-/m0/s1. The maximum atomic E-state index is 9.26. The Morgan fingerprint density at radius 1 is 1.08 bits per heavy atom. The molecule has 6 nitrogen and oxygen atoms in total. The molecule has 1 aromatic carbocycles. The van der Waals surface area contributed by atoms with Gasteiger partial charge in [0.15, 0.2) is 0 Å². The number of anilines is 3. The van der Waals surface area contributed by atoms with Gasteiger partial charge in [-0.1, -0.05) is 29.8 Å². The molecule has 2 heterocycles. The van der Waals surface area contributed by atoms with Crippen LogP contribution in [0.25, 0.3) is 11.4 Å². The molecule has 0 radical (unpaired) electrons. The molecule has 0 spiro atoms. The lowest BCUT2D eigenvalue weighted by atomic mass is 10.2. The topological polar surface area (TPSA) is 83.0 Å². The van der Waals surface area contributed by atoms with E-state index in [4.69, 9.17) is 11.6 Å². The summed E-state index contributed by atoms with van der Waals surface area (Å²) in [5, 5.41) is 16.1. The van der Waals surface area contributed by atoms with E-state index in [-0.39, 0.29) is 12.6 Å². The van der Waals surface area contributed by atoms with Crippen LogP contribution in [0.1, 0.15) is 6.92 Å². The van der Waals surface area contributed by atoms with Crippen molar-refractivity contribution in [2.75, 3.05) is 17.2 Å². The highest BCUT2D eigenvalue weighted by Crippen LogP contribution is 2.26. The smallest absolute Gasteiger partial charge is 0.225 e. The zero-order valence-corrected chi connectivity index (χ0v) is 14.4. The zero-order valence-electron chi connectivity index (χ0n) is 13.6. The number of aromatic nitrogens is 3. The molecular weight excluding hydrogens is 338 g/mol. The molecule has 0 unspecified atom stereocenters. The normalized spacial score (nSPS) is 11.8. The highest BCUT2D eigenvalue weighted by Gasteiger charge is 2.10. The van der Waals surface area contributed by atoms with Crippen LogP contribution in [0, 0.1) is 0 Å². The minimum atomic E-state index is -0.174. The van der Waals surface area contributed by atoms with Gasteiger partial charge in [-0.15, -0.1) is 0 Å². The van der Waals surface area contributed by atoms with Gasteiger partial charge >= 0.3 is 0 Å². The maximum Gasteiger partial charge on any atom is 0.225 e. The minimum Gasteiger partial charge on any atom is -0.394 e. The number of halogens is 1. The van der Waals surface area contributed by atoms with Crippen LogP contribution in [0.3, 0.4) is 0 Å². The highest BCUT2D eigenvalue weighted by molar-refractivity contribution is 6.33. The number of hydrogen-bond donors (Lipinski definition) is 3. The first kappa shape index (κ1) is 17.1. The molecule has 3 rings (SSSR count). The third-order valence-corrected chi connectivity index (χ3v) is 3.77. The van der Waals surface area contributed by atoms with Crippen LogP contribution in [-0.2, 0) is 0 Å². The number of nitrogens with zero attached hydrogens (tertiary/aromatic N) is 3. The quantitative estimate of drug-likeness (QED) is 0.625. The lowest BCUT2D eigenvalue weighted by Crippen LogP contribution is -2.21. The molecule has 3 aromatic rings. The van der Waals surface area contributed by atoms with Gasteiger partial charge in [-0.3, -0.25) is 4.98 Å². The van der Waals surface area contributed by atoms with Crippen LogP contribution < -0.4 is 10.6 Å². The number of aliphatic hydroxyl groups excluding tert-OH is 1. The van der Waals surface area contributed by atoms with Gasteiger partial charge in [0.1, 0.15) is 5.82 Å². The van der Waals surface area contributed by atoms with E-state index < -0.39 is 0 Å². The molecule has 0 saturated carbocycles. The van der Waals surface area contributed by atoms with Gasteiger partial charge in [0.05, 0.1) is 28.7 Å². The number of hydrogen-bond acceptors (Lipinski definition) is 6. The number of aliphatic hydroxyl groups is 1. The molecule has 0 aliphatic heterocycles. The lowest BCUT2D eigenvalue weighted by molar-refractivity contribution is 0.281. The van der Waals surface area contributed by atoms with E-state index in [9.17, 15) is 5.11 Å². The highest BCUT2D eigenvalue weighted by atomic mass is 35.5. The fourth-order valence-electron chi connectivity index (χ4n) is 2.19. The van der Waals surface area contributed by atoms with E-state index in [1.54, 1.807) is 18.3 Å². The van der Waals surface area contributed by atoms with Crippen molar-refractivity contribution in [3.05, 3.63) is 59.8 Å². The van der Waals surface area contributed by atoms with Crippen LogP contribution in [-0.4, -0.2) is 32.7 Å². The van der Waals surface area contributed by atoms with Crippen molar-refractivity contribution in [1.82, 2.24) is 15.0 Å². The zero-order chi connectivity index (χ0) is 17.6. The molecule has 0 aliphatic rings. The van der Waals surface area contributed by atoms with E-state index in [1.807, 2.05) is 43.3 Å². The van der Waals surface area contributed by atoms with Crippen LogP contribution in [0.5, 0.6) is 0 Å². The predicted molar refractivity (Wildman–Crippen MR) is 100 cm³/mol. The van der Waals surface area contributed by atoms with Gasteiger partial charge in [-0.2, -0.15) is 4.98 Å². The molecule has 3 N–H and O–H groups in total. The minimum absolute atomic E-state index is 0.0234. The van der Waals surface area contributed by atoms with Crippen molar-refractivity contribution in [2.24, 2.45) is 0 Å². The largest absolute Gasteiger partial charge is 0.394 e. The second-order valence-electron chi connectivity index (χ2n) is 5.51. The number of benzene rings is 1. The Hall–Kier alpha value is -2.70. The first-order valence-corrected chi connectivity index (χ1v) is 8.23. The Labute approximate surface area is 150 Å². The first-order valence-electron chi connectivity index (χ1n) is 7.85. The average molecular weight is 356 g/mol. The summed E-state index contributed by atoms with van der Waals surface area (Å²) in [7, 11) is 0. The van der Waals surface area contributed by atoms with Crippen molar-refractivity contribution >= 4 is 29.1 Å². The van der Waals surface area contributed by atoms with E-state index in [0.29, 0.717) is 22.5 Å². The number of nitrogens with one attached hydrogen (secondary N) is 2. The van der Waals surface area contributed by atoms with E-state index in [2.05, 4.69) is 25.6 Å². The second-order valence-corrected chi connectivity index (χ2v) is 5.92. The Kier molecular flexibility index (Phi) is 5.42. The lowest BCUT2D eigenvalue weighted by Gasteiger charge is -2.14. The number of rotatable bonds is 6. The number of para-hydroxylation sites is 1. The monoisotopic (exact) mass is 355 g/mol. The predicted octanol–water partition coefficient (Wildman–Crippen LogP) is 3.73. The summed E-state index contributed by atoms with van der Waals surface area (Å²) >= 11 is 6.21. The van der Waals surface area contributed by atoms with Crippen LogP contribution in [0.2, 0.25) is 5.02 Å². The summed E-state index contributed by atoms with van der Waals surface area (Å²) in [5.41, 5.74) is 2.14. The molecule has 2 aromatic heterocycles. The van der Waals surface area contributed by atoms with Crippen molar-refractivity contribution in [2.45, 2.75) is 13.0 Å². The van der Waals surface area contributed by atoms with Crippen LogP contribution >= 0.6 is 11.6 Å². The molecule has 1 atom stereocenters. The maximum absolute atomic E-state index is 9.26. The molecule has 0 saturated heterocycles. The van der Waals surface area contributed by atoms with Crippen LogP contribution in [0.4, 0.5) is 17.5 Å². The average Bonchev–Trinajstić information content (AvgIpc) is 2.64. The molecule has 0 bridgehead atoms. The first-order chi connectivity index (χ1) is 12.2. The van der Waals surface area contributed by atoms with Crippen LogP contribution in [0.15, 0.2) is 54.7 Å². The van der Waals surface area contributed by atoms with Gasteiger partial charge in [-0.25, -0.2) is 4.98 Å². The van der Waals surface area contributed by atoms with Gasteiger partial charge < -0.3 is 15.7 Å². The summed E-state index contributed by atoms with van der Waals surface area (Å²) < 4.78 is 0. The fraction of sp³-hybridized carbons (Fsp3) is 0.167. The third-order valence-electron chi connectivity index (χ3n) is 3.44. The summed E-state index contributed by atoms with van der Waals surface area (Å²) in [4.78, 5) is 13.3. The number of pyridine rings is 1. The van der Waals surface area contributed by atoms with Crippen molar-refractivity contribution in [3.63, 3.8) is 0 Å². The van der Waals surface area contributed by atoms with Gasteiger partial charge in [0.25, 0.3) is 0 Å². The Bertz CT molecular complexity index is 844. The molecule has 0 aliphatic carbocycles. The van der Waals surface area contributed by atoms with Gasteiger partial charge in [0, 0.05) is 18.3 Å². The summed E-state index contributed by atoms with van der Waals surface area (Å²) in [6.45, 7) is 1.82. The Morgan fingerprint density at radius 2 is 1.88 bits per heavy atom. The van der Waals surface area contributed by atoms with Crippen molar-refractivity contribution < 1.29 is 5.11 Å². The van der Waals surface area contributed by atoms with Crippen molar-refractivity contribution in [1.29, 1.82) is 0 Å². The fourth-order valence-corrected chi connectivity index (χ4v) is 2.37. The van der Waals surface area contributed by atoms with E-state index >= 15 is 0 Å². The molecule has 7 heteroatoms. The second kappa shape index (κ2) is 7.92. The van der Waals surface area contributed by atoms with E-state index in [0.717, 1.165) is 11.4 Å². The molecule has 0 amide bonds. The summed E-state index contributed by atoms with van der Waals surface area (Å²) in [6.07, 6.45) is 1.71. The Balaban J connectivity index is 1.99. The molecule has 25 heavy (non-hydrogen) atoms. The summed E-state index contributed by atoms with van der Waals surface area (Å²) in [6, 6.07) is 14.7. The third kappa shape index (κ3) is 4.43. The van der Waals surface area contributed by atoms with Gasteiger partial charge in [0.2, 0.25) is 5.95 Å². The molecule has 128 valence electrons. The summed E-state index contributed by atoms with van der Waals surface area (Å²) in [5.74, 6) is 0.982. The van der Waals surface area contributed by atoms with E-state index in [1.165, 1.54) is 0 Å². The molecular formula is C18H18ClN5O. The Morgan fingerprint density at radius 3 is 2.60 bits per heavy atom.